The second-order valence-corrected chi connectivity index (χ2v) is 5.93. The number of rotatable bonds is 8. The Kier molecular flexibility index (Phi) is 5.90. The van der Waals surface area contributed by atoms with Gasteiger partial charge in [0.25, 0.3) is 0 Å². The third kappa shape index (κ3) is 4.46. The summed E-state index contributed by atoms with van der Waals surface area (Å²) < 4.78 is 31.3. The molecule has 1 rings (SSSR count). The lowest BCUT2D eigenvalue weighted by Crippen LogP contribution is -2.40. The van der Waals surface area contributed by atoms with Crippen molar-refractivity contribution in [3.05, 3.63) is 18.5 Å². The lowest BCUT2D eigenvalue weighted by atomic mass is 10.1. The number of aromatic nitrogens is 1. The van der Waals surface area contributed by atoms with Crippen molar-refractivity contribution in [2.45, 2.75) is 37.1 Å². The highest BCUT2D eigenvalue weighted by Crippen LogP contribution is 2.16. The molecule has 0 aliphatic heterocycles. The predicted octanol–water partition coefficient (Wildman–Crippen LogP) is 1.01. The summed E-state index contributed by atoms with van der Waals surface area (Å²) in [6.45, 7) is 1.90. The first-order valence-electron chi connectivity index (χ1n) is 6.15. The van der Waals surface area contributed by atoms with Crippen molar-refractivity contribution in [1.82, 2.24) is 9.71 Å². The lowest BCUT2D eigenvalue weighted by Gasteiger charge is -2.14. The minimum absolute atomic E-state index is 0.125. The normalized spacial score (nSPS) is 12.9. The first kappa shape index (κ1) is 16.4. The van der Waals surface area contributed by atoms with Gasteiger partial charge < -0.3 is 9.84 Å². The molecule has 1 atom stereocenters. The van der Waals surface area contributed by atoms with Crippen LogP contribution in [0.15, 0.2) is 23.4 Å². The van der Waals surface area contributed by atoms with Crippen molar-refractivity contribution in [3.63, 3.8) is 0 Å². The highest BCUT2D eigenvalue weighted by molar-refractivity contribution is 7.89. The maximum absolute atomic E-state index is 12.1. The SMILES string of the molecule is CCCCC(NS(=O)(=O)c1cncc(OC)c1)C(=O)O. The molecule has 0 amide bonds. The van der Waals surface area contributed by atoms with E-state index in [9.17, 15) is 13.2 Å². The number of aliphatic carboxylic acids is 1. The fourth-order valence-corrected chi connectivity index (χ4v) is 2.75. The lowest BCUT2D eigenvalue weighted by molar-refractivity contribution is -0.139. The molecule has 0 aliphatic carbocycles. The molecule has 20 heavy (non-hydrogen) atoms. The first-order valence-corrected chi connectivity index (χ1v) is 7.63. The van der Waals surface area contributed by atoms with Gasteiger partial charge in [-0.1, -0.05) is 19.8 Å². The fraction of sp³-hybridized carbons (Fsp3) is 0.500. The smallest absolute Gasteiger partial charge is 0.321 e. The van der Waals surface area contributed by atoms with Crippen LogP contribution < -0.4 is 9.46 Å². The molecule has 0 aromatic carbocycles. The van der Waals surface area contributed by atoms with Crippen molar-refractivity contribution in [2.24, 2.45) is 0 Å². The molecule has 0 spiro atoms. The molecular weight excluding hydrogens is 284 g/mol. The average Bonchev–Trinajstić information content (AvgIpc) is 2.43. The monoisotopic (exact) mass is 302 g/mol. The van der Waals surface area contributed by atoms with Gasteiger partial charge in [0.1, 0.15) is 16.7 Å². The molecule has 0 saturated heterocycles. The van der Waals surface area contributed by atoms with Gasteiger partial charge in [0.05, 0.1) is 13.3 Å². The van der Waals surface area contributed by atoms with Crippen molar-refractivity contribution >= 4 is 16.0 Å². The number of nitrogens with zero attached hydrogens (tertiary/aromatic N) is 1. The third-order valence-electron chi connectivity index (χ3n) is 2.68. The van der Waals surface area contributed by atoms with Crippen LogP contribution in [0.4, 0.5) is 0 Å². The Morgan fingerprint density at radius 2 is 2.20 bits per heavy atom. The summed E-state index contributed by atoms with van der Waals surface area (Å²) in [5.41, 5.74) is 0. The number of nitrogens with one attached hydrogen (secondary N) is 1. The van der Waals surface area contributed by atoms with Crippen molar-refractivity contribution < 1.29 is 23.1 Å². The minimum Gasteiger partial charge on any atom is -0.495 e. The highest BCUT2D eigenvalue weighted by Gasteiger charge is 2.25. The summed E-state index contributed by atoms with van der Waals surface area (Å²) in [6.07, 6.45) is 4.15. The largest absolute Gasteiger partial charge is 0.495 e. The van der Waals surface area contributed by atoms with E-state index in [0.717, 1.165) is 12.6 Å². The molecule has 1 unspecified atom stereocenters. The van der Waals surface area contributed by atoms with E-state index in [1.807, 2.05) is 6.92 Å². The number of methoxy groups -OCH3 is 1. The zero-order valence-corrected chi connectivity index (χ0v) is 12.2. The Hall–Kier alpha value is -1.67. The van der Waals surface area contributed by atoms with E-state index < -0.39 is 22.0 Å². The number of sulfonamides is 1. The van der Waals surface area contributed by atoms with Crippen LogP contribution in [0.25, 0.3) is 0 Å². The Morgan fingerprint density at radius 3 is 2.75 bits per heavy atom. The summed E-state index contributed by atoms with van der Waals surface area (Å²) >= 11 is 0. The molecule has 0 bridgehead atoms. The van der Waals surface area contributed by atoms with Crippen LogP contribution in [0.5, 0.6) is 5.75 Å². The zero-order valence-electron chi connectivity index (χ0n) is 11.4. The van der Waals surface area contributed by atoms with Gasteiger partial charge in [-0.05, 0) is 6.42 Å². The van der Waals surface area contributed by atoms with Gasteiger partial charge in [-0.2, -0.15) is 4.72 Å². The molecule has 112 valence electrons. The van der Waals surface area contributed by atoms with E-state index in [0.29, 0.717) is 6.42 Å². The first-order chi connectivity index (χ1) is 9.40. The van der Waals surface area contributed by atoms with Crippen LogP contribution in [-0.4, -0.2) is 37.6 Å². The van der Waals surface area contributed by atoms with Gasteiger partial charge in [-0.3, -0.25) is 9.78 Å². The van der Waals surface area contributed by atoms with E-state index in [1.165, 1.54) is 19.4 Å². The topological polar surface area (TPSA) is 106 Å². The van der Waals surface area contributed by atoms with Crippen molar-refractivity contribution in [2.75, 3.05) is 7.11 Å². The maximum atomic E-state index is 12.1. The molecule has 1 heterocycles. The Labute approximate surface area is 118 Å². The van der Waals surface area contributed by atoms with Crippen LogP contribution in [0.3, 0.4) is 0 Å². The van der Waals surface area contributed by atoms with Crippen molar-refractivity contribution in [1.29, 1.82) is 0 Å². The molecule has 0 saturated carbocycles. The zero-order chi connectivity index (χ0) is 15.2. The summed E-state index contributed by atoms with van der Waals surface area (Å²) in [7, 11) is -2.55. The number of hydrogen-bond acceptors (Lipinski definition) is 5. The number of pyridine rings is 1. The molecule has 0 fully saturated rings. The number of carboxylic acids is 1. The van der Waals surface area contributed by atoms with Gasteiger partial charge >= 0.3 is 5.97 Å². The van der Waals surface area contributed by atoms with Crippen molar-refractivity contribution in [3.8, 4) is 5.75 Å². The van der Waals surface area contributed by atoms with Crippen LogP contribution in [0, 0.1) is 0 Å². The molecule has 1 aromatic rings. The molecule has 8 heteroatoms. The summed E-state index contributed by atoms with van der Waals surface area (Å²) in [5.74, 6) is -0.911. The molecule has 0 radical (unpaired) electrons. The van der Waals surface area contributed by atoms with Gasteiger partial charge in [-0.15, -0.1) is 0 Å². The Balaban J connectivity index is 2.94. The van der Waals surface area contributed by atoms with E-state index >= 15 is 0 Å². The quantitative estimate of drug-likeness (QED) is 0.742. The van der Waals surface area contributed by atoms with Crippen LogP contribution in [0.1, 0.15) is 26.2 Å². The maximum Gasteiger partial charge on any atom is 0.321 e. The minimum atomic E-state index is -3.94. The molecule has 1 aromatic heterocycles. The standard InChI is InChI=1S/C12H18N2O5S/c1-3-4-5-11(12(15)16)14-20(17,18)10-6-9(19-2)7-13-8-10/h6-8,11,14H,3-5H2,1-2H3,(H,15,16). The number of hydrogen-bond donors (Lipinski definition) is 2. The van der Waals surface area contributed by atoms with Crippen LogP contribution in [0.2, 0.25) is 0 Å². The van der Waals surface area contributed by atoms with Gasteiger partial charge in [-0.25, -0.2) is 8.42 Å². The summed E-state index contributed by atoms with van der Waals surface area (Å²) in [6, 6.07) is 0.139. The second-order valence-electron chi connectivity index (χ2n) is 4.21. The molecule has 7 nitrogen and oxygen atoms in total. The highest BCUT2D eigenvalue weighted by atomic mass is 32.2. The fourth-order valence-electron chi connectivity index (χ4n) is 1.55. The van der Waals surface area contributed by atoms with E-state index in [4.69, 9.17) is 9.84 Å². The molecule has 2 N–H and O–H groups in total. The Morgan fingerprint density at radius 1 is 1.50 bits per heavy atom. The van der Waals surface area contributed by atoms with Gasteiger partial charge in [0.15, 0.2) is 0 Å². The second kappa shape index (κ2) is 7.20. The average molecular weight is 302 g/mol. The number of carbonyl (C=O) groups is 1. The summed E-state index contributed by atoms with van der Waals surface area (Å²) in [5, 5.41) is 9.04. The van der Waals surface area contributed by atoms with Gasteiger partial charge in [0.2, 0.25) is 10.0 Å². The third-order valence-corrected chi connectivity index (χ3v) is 4.11. The van der Waals surface area contributed by atoms with Crippen LogP contribution >= 0.6 is 0 Å². The van der Waals surface area contributed by atoms with Gasteiger partial charge in [0, 0.05) is 12.3 Å². The molecular formula is C12H18N2O5S. The summed E-state index contributed by atoms with van der Waals surface area (Å²) in [4.78, 5) is 14.7. The number of unbranched alkanes of at least 4 members (excludes halogenated alkanes) is 1. The number of ether oxygens (including phenoxy) is 1. The van der Waals surface area contributed by atoms with Crippen LogP contribution in [-0.2, 0) is 14.8 Å². The Bertz CT molecular complexity index is 559. The predicted molar refractivity (Wildman–Crippen MR) is 72.1 cm³/mol. The van der Waals surface area contributed by atoms with E-state index in [-0.39, 0.29) is 17.1 Å². The van der Waals surface area contributed by atoms with E-state index in [1.54, 1.807) is 0 Å². The number of carboxylic acid groups (broad SMARTS) is 1. The van der Waals surface area contributed by atoms with E-state index in [2.05, 4.69) is 9.71 Å². The molecule has 0 aliphatic rings.